The smallest absolute Gasteiger partial charge is 0.222 e. The molecule has 0 spiro atoms. The van der Waals surface area contributed by atoms with Crippen LogP contribution in [0.3, 0.4) is 0 Å². The summed E-state index contributed by atoms with van der Waals surface area (Å²) in [4.78, 5) is 17.6. The number of nitrogens with one attached hydrogen (secondary N) is 1. The van der Waals surface area contributed by atoms with E-state index in [1.165, 1.54) is 11.5 Å². The Labute approximate surface area is 105 Å². The number of amides is 1. The molecule has 1 saturated heterocycles. The van der Waals surface area contributed by atoms with Gasteiger partial charge in [-0.05, 0) is 6.42 Å². The average molecular weight is 254 g/mol. The Kier molecular flexibility index (Phi) is 3.61. The number of rotatable bonds is 3. The molecule has 0 bridgehead atoms. The monoisotopic (exact) mass is 254 g/mol. The summed E-state index contributed by atoms with van der Waals surface area (Å²) in [7, 11) is 1.84. The normalized spacial score (nSPS) is 21.1. The molecule has 0 radical (unpaired) electrons. The van der Waals surface area contributed by atoms with E-state index in [4.69, 9.17) is 0 Å². The zero-order valence-electron chi connectivity index (χ0n) is 10.4. The lowest BCUT2D eigenvalue weighted by molar-refractivity contribution is -0.132. The molecule has 94 valence electrons. The predicted octanol–water partition coefficient (Wildman–Crippen LogP) is 1.69. The van der Waals surface area contributed by atoms with E-state index in [9.17, 15) is 4.79 Å². The van der Waals surface area contributed by atoms with Gasteiger partial charge in [0.2, 0.25) is 11.0 Å². The van der Waals surface area contributed by atoms with Gasteiger partial charge in [-0.2, -0.15) is 4.37 Å². The van der Waals surface area contributed by atoms with Crippen LogP contribution in [0.1, 0.15) is 38.4 Å². The maximum absolute atomic E-state index is 11.4. The molecule has 1 fully saturated rings. The molecule has 0 aliphatic carbocycles. The highest BCUT2D eigenvalue weighted by atomic mass is 32.1. The number of anilines is 1. The second-order valence-corrected chi connectivity index (χ2v) is 5.52. The Morgan fingerprint density at radius 3 is 2.88 bits per heavy atom. The number of hydrogen-bond acceptors (Lipinski definition) is 5. The van der Waals surface area contributed by atoms with Gasteiger partial charge in [0.1, 0.15) is 5.82 Å². The third-order valence-corrected chi connectivity index (χ3v) is 3.57. The van der Waals surface area contributed by atoms with Gasteiger partial charge in [-0.3, -0.25) is 4.79 Å². The summed E-state index contributed by atoms with van der Waals surface area (Å²) in [5.74, 6) is 1.47. The van der Waals surface area contributed by atoms with Crippen molar-refractivity contribution in [3.63, 3.8) is 0 Å². The van der Waals surface area contributed by atoms with Crippen molar-refractivity contribution in [3.05, 3.63) is 5.82 Å². The van der Waals surface area contributed by atoms with Crippen LogP contribution >= 0.6 is 11.5 Å². The third-order valence-electron chi connectivity index (χ3n) is 2.91. The number of likely N-dealkylation sites (tertiary alicyclic amines) is 1. The number of likely N-dealkylation sites (N-methyl/N-ethyl adjacent to an activating group) is 1. The number of carbonyl (C=O) groups is 1. The molecule has 1 aromatic heterocycles. The second-order valence-electron chi connectivity index (χ2n) is 4.77. The fourth-order valence-corrected chi connectivity index (χ4v) is 2.62. The maximum atomic E-state index is 11.4. The Morgan fingerprint density at radius 2 is 2.29 bits per heavy atom. The topological polar surface area (TPSA) is 58.1 Å². The predicted molar refractivity (Wildman–Crippen MR) is 68.3 cm³/mol. The summed E-state index contributed by atoms with van der Waals surface area (Å²) < 4.78 is 4.30. The highest BCUT2D eigenvalue weighted by Gasteiger charge is 2.23. The van der Waals surface area contributed by atoms with Crippen LogP contribution in [0.25, 0.3) is 0 Å². The molecule has 2 heterocycles. The summed E-state index contributed by atoms with van der Waals surface area (Å²) in [6, 6.07) is 0.297. The van der Waals surface area contributed by atoms with E-state index in [2.05, 4.69) is 28.5 Å². The van der Waals surface area contributed by atoms with E-state index in [0.29, 0.717) is 18.4 Å². The highest BCUT2D eigenvalue weighted by Crippen LogP contribution is 2.20. The molecule has 1 aliphatic rings. The van der Waals surface area contributed by atoms with Gasteiger partial charge < -0.3 is 10.2 Å². The minimum Gasteiger partial charge on any atom is -0.356 e. The molecule has 5 nitrogen and oxygen atoms in total. The average Bonchev–Trinajstić information content (AvgIpc) is 2.72. The fourth-order valence-electron chi connectivity index (χ4n) is 1.83. The summed E-state index contributed by atoms with van der Waals surface area (Å²) in [5.41, 5.74) is 0. The van der Waals surface area contributed by atoms with Crippen LogP contribution in [-0.4, -0.2) is 39.8 Å². The Bertz CT molecular complexity index is 404. The van der Waals surface area contributed by atoms with E-state index in [-0.39, 0.29) is 5.91 Å². The van der Waals surface area contributed by atoms with Crippen LogP contribution in [0.5, 0.6) is 0 Å². The molecular formula is C11H18N4OS. The zero-order chi connectivity index (χ0) is 12.4. The van der Waals surface area contributed by atoms with Crippen molar-refractivity contribution in [2.24, 2.45) is 0 Å². The first-order chi connectivity index (χ1) is 8.06. The summed E-state index contributed by atoms with van der Waals surface area (Å²) in [5, 5.41) is 4.22. The number of hydrogen-bond donors (Lipinski definition) is 1. The second kappa shape index (κ2) is 5.00. The van der Waals surface area contributed by atoms with Crippen molar-refractivity contribution in [2.45, 2.75) is 38.6 Å². The minimum atomic E-state index is 0.225. The highest BCUT2D eigenvalue weighted by molar-refractivity contribution is 7.09. The Morgan fingerprint density at radius 1 is 1.53 bits per heavy atom. The molecule has 1 N–H and O–H groups in total. The van der Waals surface area contributed by atoms with Crippen LogP contribution < -0.4 is 5.32 Å². The molecule has 0 aromatic carbocycles. The van der Waals surface area contributed by atoms with Crippen molar-refractivity contribution in [2.75, 3.05) is 18.9 Å². The maximum Gasteiger partial charge on any atom is 0.222 e. The first-order valence-electron chi connectivity index (χ1n) is 5.90. The summed E-state index contributed by atoms with van der Waals surface area (Å²) in [6.07, 6.45) is 1.49. The fraction of sp³-hybridized carbons (Fsp3) is 0.727. The number of nitrogens with zero attached hydrogens (tertiary/aromatic N) is 3. The minimum absolute atomic E-state index is 0.225. The molecule has 2 rings (SSSR count). The van der Waals surface area contributed by atoms with Crippen molar-refractivity contribution in [1.29, 1.82) is 0 Å². The van der Waals surface area contributed by atoms with Crippen LogP contribution in [0.2, 0.25) is 0 Å². The molecule has 1 aromatic rings. The summed E-state index contributed by atoms with van der Waals surface area (Å²) >= 11 is 1.40. The van der Waals surface area contributed by atoms with E-state index in [0.717, 1.165) is 23.9 Å². The molecule has 0 saturated carbocycles. The standard InChI is InChI=1S/C11H18N4OS/c1-7(2)10-13-11(17-14-10)12-8-4-5-9(16)15(3)6-8/h7-8H,4-6H2,1-3H3,(H,12,13,14). The first-order valence-corrected chi connectivity index (χ1v) is 6.67. The third kappa shape index (κ3) is 2.94. The number of carbonyl (C=O) groups excluding carboxylic acids is 1. The van der Waals surface area contributed by atoms with E-state index >= 15 is 0 Å². The van der Waals surface area contributed by atoms with E-state index in [1.54, 1.807) is 4.90 Å². The summed E-state index contributed by atoms with van der Waals surface area (Å²) in [6.45, 7) is 4.91. The lowest BCUT2D eigenvalue weighted by Gasteiger charge is -2.29. The van der Waals surface area contributed by atoms with E-state index in [1.807, 2.05) is 7.05 Å². The van der Waals surface area contributed by atoms with Gasteiger partial charge in [0.25, 0.3) is 0 Å². The van der Waals surface area contributed by atoms with Gasteiger partial charge in [0.05, 0.1) is 0 Å². The van der Waals surface area contributed by atoms with Crippen molar-refractivity contribution < 1.29 is 4.79 Å². The lowest BCUT2D eigenvalue weighted by Crippen LogP contribution is -2.43. The number of aromatic nitrogens is 2. The quantitative estimate of drug-likeness (QED) is 0.892. The Hall–Kier alpha value is -1.17. The molecule has 1 unspecified atom stereocenters. The van der Waals surface area contributed by atoms with Crippen molar-refractivity contribution >= 4 is 22.6 Å². The number of piperidine rings is 1. The van der Waals surface area contributed by atoms with E-state index < -0.39 is 0 Å². The van der Waals surface area contributed by atoms with Crippen molar-refractivity contribution in [3.8, 4) is 0 Å². The zero-order valence-corrected chi connectivity index (χ0v) is 11.3. The van der Waals surface area contributed by atoms with Crippen LogP contribution in [0.15, 0.2) is 0 Å². The van der Waals surface area contributed by atoms with Gasteiger partial charge in [0, 0.05) is 43.5 Å². The molecule has 1 aliphatic heterocycles. The molecule has 17 heavy (non-hydrogen) atoms. The van der Waals surface area contributed by atoms with Crippen LogP contribution in [-0.2, 0) is 4.79 Å². The first kappa shape index (κ1) is 12.3. The SMILES string of the molecule is CC(C)c1nsc(NC2CCC(=O)N(C)C2)n1. The molecular weight excluding hydrogens is 236 g/mol. The Balaban J connectivity index is 1.94. The van der Waals surface area contributed by atoms with Gasteiger partial charge in [-0.25, -0.2) is 4.98 Å². The van der Waals surface area contributed by atoms with Crippen LogP contribution in [0, 0.1) is 0 Å². The van der Waals surface area contributed by atoms with Crippen LogP contribution in [0.4, 0.5) is 5.13 Å². The van der Waals surface area contributed by atoms with Crippen molar-refractivity contribution in [1.82, 2.24) is 14.3 Å². The largest absolute Gasteiger partial charge is 0.356 e. The van der Waals surface area contributed by atoms with Gasteiger partial charge in [-0.15, -0.1) is 0 Å². The molecule has 1 atom stereocenters. The van der Waals surface area contributed by atoms with Gasteiger partial charge in [-0.1, -0.05) is 13.8 Å². The molecule has 6 heteroatoms. The van der Waals surface area contributed by atoms with Gasteiger partial charge >= 0.3 is 0 Å². The molecule has 1 amide bonds. The lowest BCUT2D eigenvalue weighted by atomic mass is 10.1. The van der Waals surface area contributed by atoms with Gasteiger partial charge in [0.15, 0.2) is 0 Å².